The molecule has 0 amide bonds. The van der Waals surface area contributed by atoms with Crippen LogP contribution in [0.15, 0.2) is 0 Å². The highest BCUT2D eigenvalue weighted by molar-refractivity contribution is 5.02. The molecule has 4 bridgehead atoms. The summed E-state index contributed by atoms with van der Waals surface area (Å²) in [4.78, 5) is 2.09. The molecule has 4 saturated carbocycles. The molecule has 1 aliphatic heterocycles. The van der Waals surface area contributed by atoms with Crippen molar-refractivity contribution < 1.29 is 25.2 Å². The van der Waals surface area contributed by atoms with Crippen molar-refractivity contribution in [3.05, 3.63) is 0 Å². The lowest BCUT2D eigenvalue weighted by molar-refractivity contribution is -0.172. The van der Waals surface area contributed by atoms with Gasteiger partial charge in [-0.25, -0.2) is 0 Å². The first-order valence-electron chi connectivity index (χ1n) is 15.9. The molecule has 0 aromatic carbocycles. The number of rotatable bonds is 17. The minimum atomic E-state index is -1.20. The molecular formula is C31H57NO5. The van der Waals surface area contributed by atoms with E-state index in [1.807, 2.05) is 0 Å². The van der Waals surface area contributed by atoms with Gasteiger partial charge < -0.3 is 25.2 Å². The highest BCUT2D eigenvalue weighted by Gasteiger charge is 2.51. The topological polar surface area (TPSA) is 93.4 Å². The van der Waals surface area contributed by atoms with Crippen LogP contribution in [0.3, 0.4) is 0 Å². The fraction of sp³-hybridized carbons (Fsp3) is 1.00. The lowest BCUT2D eigenvalue weighted by Gasteiger charge is -2.56. The van der Waals surface area contributed by atoms with Gasteiger partial charge in [-0.15, -0.1) is 0 Å². The van der Waals surface area contributed by atoms with Crippen LogP contribution >= 0.6 is 0 Å². The Morgan fingerprint density at radius 2 is 1.27 bits per heavy atom. The first kappa shape index (κ1) is 29.7. The van der Waals surface area contributed by atoms with E-state index in [2.05, 4.69) is 11.8 Å². The van der Waals surface area contributed by atoms with E-state index in [4.69, 9.17) is 4.74 Å². The number of hydrogen-bond acceptors (Lipinski definition) is 6. The quantitative estimate of drug-likeness (QED) is 0.207. The lowest BCUT2D eigenvalue weighted by Crippen LogP contribution is -2.67. The standard InChI is InChI=1S/C31H57NO5/c1-2-3-4-5-6-7-10-13-32-26(28(34)30(36)29(35)27(32)21-33)12-9-8-11-14-37-22-31-18-23-15-24(19-31)17-25(16-23)20-31/h23-30,33-36H,2-22H2,1H3/t23?,24?,25?,26-,27+,28-,29+,30+,31?/m0/s1. The molecule has 37 heavy (non-hydrogen) atoms. The average molecular weight is 524 g/mol. The maximum atomic E-state index is 10.8. The molecule has 4 aliphatic carbocycles. The van der Waals surface area contributed by atoms with E-state index in [1.165, 1.54) is 70.6 Å². The van der Waals surface area contributed by atoms with Gasteiger partial charge in [-0.1, -0.05) is 58.3 Å². The molecule has 5 aliphatic rings. The second-order valence-corrected chi connectivity index (χ2v) is 13.5. The summed E-state index contributed by atoms with van der Waals surface area (Å²) in [5.74, 6) is 2.91. The molecule has 6 heteroatoms. The van der Waals surface area contributed by atoms with Gasteiger partial charge in [-0.3, -0.25) is 4.90 Å². The summed E-state index contributed by atoms with van der Waals surface area (Å²) in [6.07, 6.45) is 17.5. The van der Waals surface area contributed by atoms with Crippen molar-refractivity contribution in [1.82, 2.24) is 4.90 Å². The van der Waals surface area contributed by atoms with Crippen LogP contribution in [0, 0.1) is 23.2 Å². The zero-order valence-corrected chi connectivity index (χ0v) is 23.6. The van der Waals surface area contributed by atoms with Crippen molar-refractivity contribution in [1.29, 1.82) is 0 Å². The summed E-state index contributed by atoms with van der Waals surface area (Å²) in [6, 6.07) is -0.726. The first-order chi connectivity index (χ1) is 18.0. The van der Waals surface area contributed by atoms with Gasteiger partial charge in [0, 0.05) is 12.6 Å². The Morgan fingerprint density at radius 1 is 0.703 bits per heavy atom. The summed E-state index contributed by atoms with van der Waals surface area (Å²) in [5.41, 5.74) is 0.480. The first-order valence-corrected chi connectivity index (χ1v) is 15.9. The van der Waals surface area contributed by atoms with Crippen molar-refractivity contribution in [3.63, 3.8) is 0 Å². The van der Waals surface area contributed by atoms with E-state index >= 15 is 0 Å². The summed E-state index contributed by atoms with van der Waals surface area (Å²) in [5, 5.41) is 41.8. The van der Waals surface area contributed by atoms with Crippen LogP contribution in [-0.2, 0) is 4.74 Å². The van der Waals surface area contributed by atoms with E-state index in [0.29, 0.717) is 5.41 Å². The summed E-state index contributed by atoms with van der Waals surface area (Å²) >= 11 is 0. The number of nitrogens with zero attached hydrogens (tertiary/aromatic N) is 1. The summed E-state index contributed by atoms with van der Waals surface area (Å²) < 4.78 is 6.25. The zero-order chi connectivity index (χ0) is 26.3. The van der Waals surface area contributed by atoms with Crippen LogP contribution in [0.5, 0.6) is 0 Å². The fourth-order valence-corrected chi connectivity index (χ4v) is 8.92. The SMILES string of the molecule is CCCCCCCCCN1[C@H](CO)[C@@H](O)[C@H](O)[C@@H](O)[C@@H]1CCCCCOCC12CC3CC(CC(C3)C1)C2. The van der Waals surface area contributed by atoms with Crippen LogP contribution in [0.2, 0.25) is 0 Å². The molecule has 0 radical (unpaired) electrons. The minimum Gasteiger partial charge on any atom is -0.395 e. The Balaban J connectivity index is 1.16. The third-order valence-electron chi connectivity index (χ3n) is 10.4. The molecular weight excluding hydrogens is 466 g/mol. The average Bonchev–Trinajstić information content (AvgIpc) is 2.87. The van der Waals surface area contributed by atoms with Gasteiger partial charge in [-0.2, -0.15) is 0 Å². The predicted molar refractivity (Wildman–Crippen MR) is 147 cm³/mol. The van der Waals surface area contributed by atoms with Crippen molar-refractivity contribution in [2.24, 2.45) is 23.2 Å². The van der Waals surface area contributed by atoms with Crippen LogP contribution < -0.4 is 0 Å². The van der Waals surface area contributed by atoms with Gasteiger partial charge in [0.1, 0.15) is 12.2 Å². The second-order valence-electron chi connectivity index (χ2n) is 13.5. The Bertz CT molecular complexity index is 624. The molecule has 0 spiro atoms. The highest BCUT2D eigenvalue weighted by atomic mass is 16.5. The van der Waals surface area contributed by atoms with Gasteiger partial charge in [-0.05, 0) is 87.5 Å². The van der Waals surface area contributed by atoms with Crippen molar-refractivity contribution in [2.75, 3.05) is 26.4 Å². The maximum Gasteiger partial charge on any atom is 0.109 e. The van der Waals surface area contributed by atoms with E-state index in [9.17, 15) is 20.4 Å². The molecule has 1 saturated heterocycles. The molecule has 6 nitrogen and oxygen atoms in total. The largest absolute Gasteiger partial charge is 0.395 e. The summed E-state index contributed by atoms with van der Waals surface area (Å²) in [7, 11) is 0. The van der Waals surface area contributed by atoms with Crippen LogP contribution in [0.1, 0.15) is 116 Å². The number of piperidine rings is 1. The number of aliphatic hydroxyl groups excluding tert-OH is 4. The highest BCUT2D eigenvalue weighted by Crippen LogP contribution is 2.60. The van der Waals surface area contributed by atoms with E-state index in [-0.39, 0.29) is 12.6 Å². The zero-order valence-electron chi connectivity index (χ0n) is 23.6. The van der Waals surface area contributed by atoms with E-state index in [0.717, 1.165) is 76.0 Å². The number of ether oxygens (including phenoxy) is 1. The monoisotopic (exact) mass is 523 g/mol. The molecule has 216 valence electrons. The van der Waals surface area contributed by atoms with Crippen LogP contribution in [0.4, 0.5) is 0 Å². The van der Waals surface area contributed by atoms with Crippen molar-refractivity contribution >= 4 is 0 Å². The van der Waals surface area contributed by atoms with Crippen LogP contribution in [0.25, 0.3) is 0 Å². The molecule has 1 heterocycles. The normalized spacial score (nSPS) is 39.5. The number of likely N-dealkylation sites (tertiary alicyclic amines) is 1. The molecule has 0 aromatic heterocycles. The van der Waals surface area contributed by atoms with Gasteiger partial charge in [0.05, 0.1) is 25.4 Å². The third kappa shape index (κ3) is 7.70. The molecule has 5 rings (SSSR count). The van der Waals surface area contributed by atoms with Gasteiger partial charge in [0.25, 0.3) is 0 Å². The molecule has 5 atom stereocenters. The number of hydrogen-bond donors (Lipinski definition) is 4. The second kappa shape index (κ2) is 14.4. The predicted octanol–water partition coefficient (Wildman–Crippen LogP) is 4.66. The summed E-state index contributed by atoms with van der Waals surface area (Å²) in [6.45, 7) is 4.55. The Morgan fingerprint density at radius 3 is 1.89 bits per heavy atom. The lowest BCUT2D eigenvalue weighted by atomic mass is 9.50. The Labute approximate surface area is 226 Å². The van der Waals surface area contributed by atoms with E-state index < -0.39 is 24.4 Å². The van der Waals surface area contributed by atoms with E-state index in [1.54, 1.807) is 0 Å². The smallest absolute Gasteiger partial charge is 0.109 e. The van der Waals surface area contributed by atoms with Crippen LogP contribution in [-0.4, -0.2) is 82.1 Å². The molecule has 0 unspecified atom stereocenters. The van der Waals surface area contributed by atoms with Gasteiger partial charge in [0.2, 0.25) is 0 Å². The minimum absolute atomic E-state index is 0.198. The van der Waals surface area contributed by atoms with Crippen molar-refractivity contribution in [2.45, 2.75) is 146 Å². The Kier molecular flexibility index (Phi) is 11.6. The number of unbranched alkanes of at least 4 members (excludes halogenated alkanes) is 8. The van der Waals surface area contributed by atoms with Gasteiger partial charge >= 0.3 is 0 Å². The third-order valence-corrected chi connectivity index (χ3v) is 10.4. The fourth-order valence-electron chi connectivity index (χ4n) is 8.92. The number of aliphatic hydroxyl groups is 4. The van der Waals surface area contributed by atoms with Gasteiger partial charge in [0.15, 0.2) is 0 Å². The van der Waals surface area contributed by atoms with Crippen molar-refractivity contribution in [3.8, 4) is 0 Å². The molecule has 5 fully saturated rings. The molecule has 4 N–H and O–H groups in total. The maximum absolute atomic E-state index is 10.8. The molecule has 0 aromatic rings. The Hall–Kier alpha value is -0.240.